The molecule has 0 aliphatic rings. The van der Waals surface area contributed by atoms with E-state index in [0.717, 1.165) is 0 Å². The monoisotopic (exact) mass is 449 g/mol. The maximum absolute atomic E-state index is 13.0. The highest BCUT2D eigenvalue weighted by atomic mass is 16.5. The molecule has 0 bridgehead atoms. The number of hydrogen-bond donors (Lipinski definition) is 1. The lowest BCUT2D eigenvalue weighted by Crippen LogP contribution is -2.28. The highest BCUT2D eigenvalue weighted by molar-refractivity contribution is 5.96. The molecule has 0 radical (unpaired) electrons. The van der Waals surface area contributed by atoms with Gasteiger partial charge in [-0.15, -0.1) is 6.42 Å². The number of amides is 1. The van der Waals surface area contributed by atoms with Gasteiger partial charge in [0.25, 0.3) is 11.5 Å². The number of aromatic nitrogens is 2. The van der Waals surface area contributed by atoms with E-state index >= 15 is 0 Å². The van der Waals surface area contributed by atoms with E-state index in [9.17, 15) is 9.59 Å². The third-order valence-corrected chi connectivity index (χ3v) is 4.77. The SMILES string of the molecule is C#CCn1nc(CNC(=O)c2cc(OCC)c(OCC)c(OCC)c2)c2ccccc2c1=O. The topological polar surface area (TPSA) is 91.7 Å². The van der Waals surface area contributed by atoms with Crippen LogP contribution in [0.2, 0.25) is 0 Å². The summed E-state index contributed by atoms with van der Waals surface area (Å²) in [5.41, 5.74) is 0.620. The van der Waals surface area contributed by atoms with Crippen molar-refractivity contribution in [1.29, 1.82) is 0 Å². The molecule has 1 aromatic heterocycles. The van der Waals surface area contributed by atoms with Crippen molar-refractivity contribution in [3.8, 4) is 29.6 Å². The summed E-state index contributed by atoms with van der Waals surface area (Å²) in [5.74, 6) is 3.41. The van der Waals surface area contributed by atoms with Gasteiger partial charge >= 0.3 is 0 Å². The first-order chi connectivity index (χ1) is 16.0. The van der Waals surface area contributed by atoms with E-state index in [1.165, 1.54) is 4.68 Å². The highest BCUT2D eigenvalue weighted by Crippen LogP contribution is 2.39. The van der Waals surface area contributed by atoms with E-state index in [-0.39, 0.29) is 24.6 Å². The molecule has 0 atom stereocenters. The third kappa shape index (κ3) is 5.26. The number of carbonyl (C=O) groups is 1. The van der Waals surface area contributed by atoms with Gasteiger partial charge in [-0.25, -0.2) is 4.68 Å². The second-order valence-electron chi connectivity index (χ2n) is 6.94. The fourth-order valence-electron chi connectivity index (χ4n) is 3.42. The molecule has 0 saturated carbocycles. The van der Waals surface area contributed by atoms with Crippen LogP contribution in [-0.4, -0.2) is 35.5 Å². The first kappa shape index (κ1) is 23.7. The van der Waals surface area contributed by atoms with Crippen LogP contribution in [0.25, 0.3) is 10.8 Å². The fourth-order valence-corrected chi connectivity index (χ4v) is 3.42. The quantitative estimate of drug-likeness (QED) is 0.478. The molecule has 8 nitrogen and oxygen atoms in total. The van der Waals surface area contributed by atoms with Crippen molar-refractivity contribution in [3.63, 3.8) is 0 Å². The van der Waals surface area contributed by atoms with E-state index in [1.807, 2.05) is 26.8 Å². The summed E-state index contributed by atoms with van der Waals surface area (Å²) in [6.07, 6.45) is 5.38. The van der Waals surface area contributed by atoms with Crippen LogP contribution in [0.5, 0.6) is 17.2 Å². The largest absolute Gasteiger partial charge is 0.490 e. The predicted octanol–water partition coefficient (Wildman–Crippen LogP) is 3.16. The van der Waals surface area contributed by atoms with Gasteiger partial charge in [0.1, 0.15) is 6.54 Å². The molecule has 1 amide bonds. The van der Waals surface area contributed by atoms with Crippen LogP contribution >= 0.6 is 0 Å². The number of carbonyl (C=O) groups excluding carboxylic acids is 1. The molecular weight excluding hydrogens is 422 g/mol. The second kappa shape index (κ2) is 11.0. The molecule has 0 unspecified atom stereocenters. The lowest BCUT2D eigenvalue weighted by molar-refractivity contribution is 0.0949. The minimum absolute atomic E-state index is 0.0406. The molecule has 0 fully saturated rings. The Balaban J connectivity index is 1.94. The van der Waals surface area contributed by atoms with Gasteiger partial charge in [0.2, 0.25) is 5.75 Å². The van der Waals surface area contributed by atoms with E-state index in [2.05, 4.69) is 16.3 Å². The Morgan fingerprint density at radius 3 is 2.21 bits per heavy atom. The minimum Gasteiger partial charge on any atom is -0.490 e. The lowest BCUT2D eigenvalue weighted by Gasteiger charge is -2.17. The van der Waals surface area contributed by atoms with Crippen molar-refractivity contribution < 1.29 is 19.0 Å². The smallest absolute Gasteiger partial charge is 0.275 e. The van der Waals surface area contributed by atoms with Crippen LogP contribution in [0, 0.1) is 12.3 Å². The number of benzene rings is 2. The molecule has 2 aromatic carbocycles. The Bertz CT molecular complexity index is 1220. The predicted molar refractivity (Wildman–Crippen MR) is 126 cm³/mol. The van der Waals surface area contributed by atoms with Crippen molar-refractivity contribution >= 4 is 16.7 Å². The average molecular weight is 450 g/mol. The summed E-state index contributed by atoms with van der Waals surface area (Å²) < 4.78 is 18.3. The fraction of sp³-hybridized carbons (Fsp3) is 0.320. The number of hydrogen-bond acceptors (Lipinski definition) is 6. The molecule has 33 heavy (non-hydrogen) atoms. The van der Waals surface area contributed by atoms with Crippen molar-refractivity contribution in [2.75, 3.05) is 19.8 Å². The average Bonchev–Trinajstić information content (AvgIpc) is 2.82. The van der Waals surface area contributed by atoms with Gasteiger partial charge in [0.05, 0.1) is 37.4 Å². The molecule has 0 aliphatic heterocycles. The Labute approximate surface area is 192 Å². The summed E-state index contributed by atoms with van der Waals surface area (Å²) >= 11 is 0. The number of terminal acetylenes is 1. The Kier molecular flexibility index (Phi) is 7.92. The van der Waals surface area contributed by atoms with Gasteiger partial charge in [-0.3, -0.25) is 9.59 Å². The number of fused-ring (bicyclic) bond motifs is 1. The van der Waals surface area contributed by atoms with Crippen LogP contribution in [0.15, 0.2) is 41.2 Å². The van der Waals surface area contributed by atoms with E-state index < -0.39 is 0 Å². The molecule has 3 rings (SSSR count). The van der Waals surface area contributed by atoms with Gasteiger partial charge in [-0.2, -0.15) is 5.10 Å². The molecule has 3 aromatic rings. The van der Waals surface area contributed by atoms with Crippen LogP contribution in [0.1, 0.15) is 36.8 Å². The number of nitrogens with zero attached hydrogens (tertiary/aromatic N) is 2. The highest BCUT2D eigenvalue weighted by Gasteiger charge is 2.19. The molecule has 0 spiro atoms. The molecule has 0 aliphatic carbocycles. The van der Waals surface area contributed by atoms with Crippen molar-refractivity contribution in [3.05, 3.63) is 58.0 Å². The number of nitrogens with one attached hydrogen (secondary N) is 1. The first-order valence-electron chi connectivity index (χ1n) is 10.8. The molecule has 172 valence electrons. The van der Waals surface area contributed by atoms with Crippen LogP contribution in [0.4, 0.5) is 0 Å². The van der Waals surface area contributed by atoms with Gasteiger partial charge in [-0.1, -0.05) is 24.1 Å². The van der Waals surface area contributed by atoms with Crippen molar-refractivity contribution in [2.24, 2.45) is 0 Å². The maximum Gasteiger partial charge on any atom is 0.275 e. The number of ether oxygens (including phenoxy) is 3. The van der Waals surface area contributed by atoms with Crippen molar-refractivity contribution in [1.82, 2.24) is 15.1 Å². The minimum atomic E-state index is -0.347. The summed E-state index contributed by atoms with van der Waals surface area (Å²) in [7, 11) is 0. The molecule has 1 heterocycles. The van der Waals surface area contributed by atoms with E-state index in [4.69, 9.17) is 20.6 Å². The number of rotatable bonds is 10. The van der Waals surface area contributed by atoms with Gasteiger partial charge in [-0.05, 0) is 39.0 Å². The third-order valence-electron chi connectivity index (χ3n) is 4.77. The normalized spacial score (nSPS) is 10.5. The maximum atomic E-state index is 13.0. The molecular formula is C25H27N3O5. The van der Waals surface area contributed by atoms with Gasteiger partial charge in [0.15, 0.2) is 11.5 Å². The lowest BCUT2D eigenvalue weighted by atomic mass is 10.1. The van der Waals surface area contributed by atoms with E-state index in [0.29, 0.717) is 59.1 Å². The zero-order valence-corrected chi connectivity index (χ0v) is 19.0. The second-order valence-corrected chi connectivity index (χ2v) is 6.94. The Hall–Kier alpha value is -3.99. The summed E-state index contributed by atoms with van der Waals surface area (Å²) in [6.45, 7) is 6.95. The van der Waals surface area contributed by atoms with Gasteiger partial charge < -0.3 is 19.5 Å². The van der Waals surface area contributed by atoms with Crippen LogP contribution in [-0.2, 0) is 13.1 Å². The van der Waals surface area contributed by atoms with Gasteiger partial charge in [0, 0.05) is 10.9 Å². The Morgan fingerprint density at radius 1 is 1.03 bits per heavy atom. The van der Waals surface area contributed by atoms with Crippen LogP contribution < -0.4 is 25.1 Å². The standard InChI is InChI=1S/C25H27N3O5/c1-5-13-28-25(30)19-12-10-9-11-18(19)20(27-28)16-26-24(29)17-14-21(31-6-2)23(33-8-4)22(15-17)32-7-3/h1,9-12,14-15H,6-8,13,16H2,2-4H3,(H,26,29). The summed E-state index contributed by atoms with van der Waals surface area (Å²) in [5, 5.41) is 8.38. The summed E-state index contributed by atoms with van der Waals surface area (Å²) in [6, 6.07) is 10.3. The molecule has 0 saturated heterocycles. The molecule has 1 N–H and O–H groups in total. The zero-order valence-electron chi connectivity index (χ0n) is 19.0. The molecule has 8 heteroatoms. The Morgan fingerprint density at radius 2 is 1.64 bits per heavy atom. The van der Waals surface area contributed by atoms with Crippen molar-refractivity contribution in [2.45, 2.75) is 33.9 Å². The first-order valence-corrected chi connectivity index (χ1v) is 10.8. The zero-order chi connectivity index (χ0) is 23.8. The van der Waals surface area contributed by atoms with E-state index in [1.54, 1.807) is 30.3 Å². The van der Waals surface area contributed by atoms with Crippen LogP contribution in [0.3, 0.4) is 0 Å². The summed E-state index contributed by atoms with van der Waals surface area (Å²) in [4.78, 5) is 25.6.